The molecule has 0 amide bonds. The van der Waals surface area contributed by atoms with Crippen molar-refractivity contribution in [3.8, 4) is 22.3 Å². The smallest absolute Gasteiger partial charge is 0.0468 e. The summed E-state index contributed by atoms with van der Waals surface area (Å²) >= 11 is 0. The lowest BCUT2D eigenvalue weighted by Gasteiger charge is -2.29. The Hall–Kier alpha value is -6.90. The zero-order valence-electron chi connectivity index (χ0n) is 33.4. The fraction of sp³-hybridized carbons (Fsp3) is 0.107. The summed E-state index contributed by atoms with van der Waals surface area (Å²) in [6.45, 7) is 9.63. The molecule has 0 saturated heterocycles. The van der Waals surface area contributed by atoms with Gasteiger partial charge in [0.25, 0.3) is 0 Å². The Morgan fingerprint density at radius 2 is 0.603 bits per heavy atom. The Labute approximate surface area is 341 Å². The van der Waals surface area contributed by atoms with E-state index in [-0.39, 0.29) is 10.8 Å². The highest BCUT2D eigenvalue weighted by Crippen LogP contribution is 2.57. The Bertz CT molecular complexity index is 2860. The van der Waals surface area contributed by atoms with Crippen LogP contribution in [0, 0.1) is 0 Å². The number of fused-ring (bicyclic) bond motifs is 8. The van der Waals surface area contributed by atoms with Crippen LogP contribution in [0.25, 0.3) is 43.8 Å². The zero-order chi connectivity index (χ0) is 39.2. The molecule has 0 radical (unpaired) electrons. The van der Waals surface area contributed by atoms with Crippen molar-refractivity contribution in [3.63, 3.8) is 0 Å². The number of hydrogen-bond acceptors (Lipinski definition) is 2. The second-order valence-electron chi connectivity index (χ2n) is 17.1. The lowest BCUT2D eigenvalue weighted by atomic mass is 9.77. The summed E-state index contributed by atoms with van der Waals surface area (Å²) in [5, 5.41) is 4.97. The van der Waals surface area contributed by atoms with Crippen molar-refractivity contribution in [3.05, 3.63) is 216 Å². The highest BCUT2D eigenvalue weighted by molar-refractivity contribution is 5.95. The minimum atomic E-state index is -0.183. The molecule has 0 spiro atoms. The van der Waals surface area contributed by atoms with E-state index in [0.29, 0.717) is 0 Å². The van der Waals surface area contributed by atoms with Gasteiger partial charge in [0, 0.05) is 45.0 Å². The first-order valence-electron chi connectivity index (χ1n) is 20.4. The fourth-order valence-electron chi connectivity index (χ4n) is 9.90. The maximum absolute atomic E-state index is 2.54. The van der Waals surface area contributed by atoms with Crippen molar-refractivity contribution < 1.29 is 0 Å². The molecule has 0 saturated carbocycles. The third-order valence-corrected chi connectivity index (χ3v) is 13.0. The molecule has 9 aromatic rings. The molecular weight excluding hydrogens is 701 g/mol. The lowest BCUT2D eigenvalue weighted by molar-refractivity contribution is 0.639. The van der Waals surface area contributed by atoms with Gasteiger partial charge in [0.15, 0.2) is 0 Å². The van der Waals surface area contributed by atoms with E-state index in [1.165, 1.54) is 77.4 Å². The van der Waals surface area contributed by atoms with Gasteiger partial charge in [-0.05, 0) is 145 Å². The summed E-state index contributed by atoms with van der Waals surface area (Å²) in [5.74, 6) is 0. The highest BCUT2D eigenvalue weighted by atomic mass is 15.1. The van der Waals surface area contributed by atoms with Crippen molar-refractivity contribution in [2.75, 3.05) is 9.80 Å². The van der Waals surface area contributed by atoms with Crippen LogP contribution in [-0.2, 0) is 10.8 Å². The molecule has 0 fully saturated rings. The van der Waals surface area contributed by atoms with Gasteiger partial charge >= 0.3 is 0 Å². The van der Waals surface area contributed by atoms with Crippen molar-refractivity contribution in [1.29, 1.82) is 0 Å². The molecule has 0 unspecified atom stereocenters. The summed E-state index contributed by atoms with van der Waals surface area (Å²) in [6.07, 6.45) is 0. The van der Waals surface area contributed by atoms with Crippen LogP contribution >= 0.6 is 0 Å². The zero-order valence-corrected chi connectivity index (χ0v) is 33.4. The van der Waals surface area contributed by atoms with E-state index in [2.05, 4.69) is 232 Å². The average molecular weight is 745 g/mol. The topological polar surface area (TPSA) is 6.48 Å². The van der Waals surface area contributed by atoms with E-state index in [1.807, 2.05) is 0 Å². The van der Waals surface area contributed by atoms with Gasteiger partial charge in [-0.2, -0.15) is 0 Å². The quantitative estimate of drug-likeness (QED) is 0.167. The molecule has 278 valence electrons. The summed E-state index contributed by atoms with van der Waals surface area (Å²) in [7, 11) is 0. The van der Waals surface area contributed by atoms with E-state index < -0.39 is 0 Å². The number of hydrogen-bond donors (Lipinski definition) is 0. The summed E-state index contributed by atoms with van der Waals surface area (Å²) in [5.41, 5.74) is 17.5. The molecule has 11 rings (SSSR count). The maximum atomic E-state index is 2.54. The molecule has 0 bridgehead atoms. The van der Waals surface area contributed by atoms with Crippen molar-refractivity contribution >= 4 is 55.7 Å². The first-order valence-corrected chi connectivity index (χ1v) is 20.4. The van der Waals surface area contributed by atoms with Gasteiger partial charge in [-0.25, -0.2) is 0 Å². The van der Waals surface area contributed by atoms with E-state index in [1.54, 1.807) is 0 Å². The fourth-order valence-corrected chi connectivity index (χ4v) is 9.90. The average Bonchev–Trinajstić information content (AvgIpc) is 3.62. The van der Waals surface area contributed by atoms with Gasteiger partial charge in [-0.1, -0.05) is 143 Å². The number of anilines is 6. The highest BCUT2D eigenvalue weighted by Gasteiger charge is 2.42. The molecule has 2 nitrogen and oxygen atoms in total. The van der Waals surface area contributed by atoms with Crippen LogP contribution in [0.4, 0.5) is 34.1 Å². The van der Waals surface area contributed by atoms with Crippen LogP contribution < -0.4 is 9.80 Å². The first-order chi connectivity index (χ1) is 28.3. The predicted octanol–water partition coefficient (Wildman–Crippen LogP) is 15.5. The number of para-hydroxylation sites is 2. The first kappa shape index (κ1) is 34.4. The van der Waals surface area contributed by atoms with Crippen molar-refractivity contribution in [1.82, 2.24) is 0 Å². The molecule has 2 aliphatic carbocycles. The van der Waals surface area contributed by atoms with Gasteiger partial charge in [0.2, 0.25) is 0 Å². The summed E-state index contributed by atoms with van der Waals surface area (Å²) < 4.78 is 0. The van der Waals surface area contributed by atoms with Crippen LogP contribution in [-0.4, -0.2) is 0 Å². The van der Waals surface area contributed by atoms with Crippen molar-refractivity contribution in [2.24, 2.45) is 0 Å². The molecule has 0 atom stereocenters. The number of benzene rings is 9. The third-order valence-electron chi connectivity index (χ3n) is 13.0. The summed E-state index contributed by atoms with van der Waals surface area (Å²) in [4.78, 5) is 4.80. The molecule has 58 heavy (non-hydrogen) atoms. The minimum Gasteiger partial charge on any atom is -0.310 e. The Morgan fingerprint density at radius 3 is 1.03 bits per heavy atom. The van der Waals surface area contributed by atoms with E-state index in [9.17, 15) is 0 Å². The van der Waals surface area contributed by atoms with Crippen LogP contribution in [0.1, 0.15) is 49.9 Å². The SMILES string of the molecule is CC1(C)c2cc(N(c3ccccc3)c3ccc4ccccc4c3)ccc2-c2cc3c(cc21)C(C)(C)c1cc(N(c2ccccc2)c2ccc4ccccc4c2)ccc1-3. The van der Waals surface area contributed by atoms with Crippen molar-refractivity contribution in [2.45, 2.75) is 38.5 Å². The van der Waals surface area contributed by atoms with Crippen LogP contribution in [0.15, 0.2) is 194 Å². The van der Waals surface area contributed by atoms with Crippen LogP contribution in [0.2, 0.25) is 0 Å². The Morgan fingerprint density at radius 1 is 0.259 bits per heavy atom. The van der Waals surface area contributed by atoms with Crippen LogP contribution in [0.3, 0.4) is 0 Å². The molecule has 2 aliphatic rings. The molecule has 9 aromatic carbocycles. The van der Waals surface area contributed by atoms with Gasteiger partial charge < -0.3 is 9.80 Å². The third kappa shape index (κ3) is 5.25. The standard InChI is InChI=1S/C56H44N2/c1-55(2)51-33-45(57(41-19-7-5-8-20-41)43-25-23-37-15-11-13-17-39(37)31-43)27-29-47(51)49-35-50-48-30-28-46(34-52(48)56(3,4)54(50)36-53(49)55)58(42-21-9-6-10-22-42)44-26-24-38-16-12-14-18-40(38)32-44/h5-36H,1-4H3. The molecule has 2 heteroatoms. The van der Waals surface area contributed by atoms with Crippen LogP contribution in [0.5, 0.6) is 0 Å². The lowest BCUT2D eigenvalue weighted by Crippen LogP contribution is -2.19. The predicted molar refractivity (Wildman–Crippen MR) is 246 cm³/mol. The second kappa shape index (κ2) is 12.8. The largest absolute Gasteiger partial charge is 0.310 e. The van der Waals surface area contributed by atoms with E-state index in [0.717, 1.165) is 22.7 Å². The Balaban J connectivity index is 1.02. The minimum absolute atomic E-state index is 0.183. The molecule has 0 aromatic heterocycles. The van der Waals surface area contributed by atoms with E-state index in [4.69, 9.17) is 0 Å². The number of rotatable bonds is 6. The molecule has 0 heterocycles. The molecule has 0 aliphatic heterocycles. The maximum Gasteiger partial charge on any atom is 0.0468 e. The summed E-state index contributed by atoms with van der Waals surface area (Å²) in [6, 6.07) is 71.6. The van der Waals surface area contributed by atoms with E-state index >= 15 is 0 Å². The molecule has 0 N–H and O–H groups in total. The monoisotopic (exact) mass is 744 g/mol. The van der Waals surface area contributed by atoms with Gasteiger partial charge in [-0.3, -0.25) is 0 Å². The Kier molecular flexibility index (Phi) is 7.59. The number of nitrogens with zero attached hydrogens (tertiary/aromatic N) is 2. The molecular formula is C56H44N2. The van der Waals surface area contributed by atoms with Gasteiger partial charge in [-0.15, -0.1) is 0 Å². The normalized spacial score (nSPS) is 14.1. The second-order valence-corrected chi connectivity index (χ2v) is 17.1. The van der Waals surface area contributed by atoms with Gasteiger partial charge in [0.05, 0.1) is 0 Å². The van der Waals surface area contributed by atoms with Gasteiger partial charge in [0.1, 0.15) is 0 Å².